The predicted molar refractivity (Wildman–Crippen MR) is 81.5 cm³/mol. The van der Waals surface area contributed by atoms with Gasteiger partial charge in [0.2, 0.25) is 0 Å². The minimum atomic E-state index is -1.46. The van der Waals surface area contributed by atoms with Crippen LogP contribution in [0.25, 0.3) is 0 Å². The molecule has 0 radical (unpaired) electrons. The van der Waals surface area contributed by atoms with E-state index in [-0.39, 0.29) is 0 Å². The Hall–Kier alpha value is -1.49. The first-order valence-corrected chi connectivity index (χ1v) is 6.69. The smallest absolute Gasteiger partial charge is 0.488 e. The Morgan fingerprint density at radius 1 is 1.10 bits per heavy atom. The summed E-state index contributed by atoms with van der Waals surface area (Å²) in [4.78, 5) is 0. The summed E-state index contributed by atoms with van der Waals surface area (Å²) in [6.07, 6.45) is 0. The van der Waals surface area contributed by atoms with Gasteiger partial charge in [0, 0.05) is 5.02 Å². The van der Waals surface area contributed by atoms with E-state index < -0.39 is 7.12 Å². The number of ether oxygens (including phenoxy) is 1. The van der Waals surface area contributed by atoms with Crippen molar-refractivity contribution in [2.24, 2.45) is 0 Å². The molecule has 0 saturated carbocycles. The van der Waals surface area contributed by atoms with Crippen LogP contribution < -0.4 is 10.2 Å². The van der Waals surface area contributed by atoms with Crippen LogP contribution in [0.4, 0.5) is 0 Å². The molecule has 2 rings (SSSR count). The van der Waals surface area contributed by atoms with Crippen LogP contribution >= 0.6 is 11.6 Å². The molecule has 0 aliphatic rings. The second kappa shape index (κ2) is 6.31. The van der Waals surface area contributed by atoms with Crippen LogP contribution in [0.2, 0.25) is 5.02 Å². The van der Waals surface area contributed by atoms with Gasteiger partial charge in [-0.25, -0.2) is 0 Å². The molecule has 2 aromatic rings. The molecule has 0 unspecified atom stereocenters. The second-order valence-corrected chi connectivity index (χ2v) is 5.21. The maximum atomic E-state index is 9.15. The second-order valence-electron chi connectivity index (χ2n) is 4.78. The maximum absolute atomic E-state index is 9.15. The van der Waals surface area contributed by atoms with E-state index in [0.29, 0.717) is 17.1 Å². The van der Waals surface area contributed by atoms with Crippen LogP contribution in [0.1, 0.15) is 16.7 Å². The van der Waals surface area contributed by atoms with Crippen LogP contribution in [0.15, 0.2) is 36.4 Å². The van der Waals surface area contributed by atoms with Gasteiger partial charge < -0.3 is 14.8 Å². The van der Waals surface area contributed by atoms with Crippen molar-refractivity contribution < 1.29 is 14.8 Å². The molecule has 2 aromatic carbocycles. The fourth-order valence-corrected chi connectivity index (χ4v) is 2.45. The zero-order valence-electron chi connectivity index (χ0n) is 11.4. The Morgan fingerprint density at radius 3 is 2.35 bits per heavy atom. The molecule has 0 atom stereocenters. The molecule has 0 saturated heterocycles. The van der Waals surface area contributed by atoms with Gasteiger partial charge in [0.25, 0.3) is 0 Å². The van der Waals surface area contributed by atoms with Crippen molar-refractivity contribution in [1.82, 2.24) is 0 Å². The monoisotopic (exact) mass is 290 g/mol. The number of halogens is 1. The van der Waals surface area contributed by atoms with Crippen LogP contribution in [-0.4, -0.2) is 17.2 Å². The summed E-state index contributed by atoms with van der Waals surface area (Å²) in [5.41, 5.74) is 3.29. The van der Waals surface area contributed by atoms with Gasteiger partial charge in [-0.2, -0.15) is 0 Å². The van der Waals surface area contributed by atoms with Gasteiger partial charge >= 0.3 is 7.12 Å². The molecule has 0 spiro atoms. The fourth-order valence-electron chi connectivity index (χ4n) is 2.12. The molecule has 0 heterocycles. The van der Waals surface area contributed by atoms with E-state index in [9.17, 15) is 0 Å². The first-order valence-electron chi connectivity index (χ1n) is 6.32. The van der Waals surface area contributed by atoms with Crippen molar-refractivity contribution in [3.63, 3.8) is 0 Å². The van der Waals surface area contributed by atoms with Gasteiger partial charge in [-0.05, 0) is 48.1 Å². The SMILES string of the molecule is Cc1cc(Cl)cc(C)c1OCc1cccc(B(O)O)c1. The molecule has 104 valence electrons. The highest BCUT2D eigenvalue weighted by Crippen LogP contribution is 2.27. The highest BCUT2D eigenvalue weighted by atomic mass is 35.5. The quantitative estimate of drug-likeness (QED) is 0.849. The molecule has 0 aliphatic carbocycles. The number of rotatable bonds is 4. The van der Waals surface area contributed by atoms with Crippen LogP contribution in [0, 0.1) is 13.8 Å². The van der Waals surface area contributed by atoms with Gasteiger partial charge in [-0.1, -0.05) is 35.9 Å². The Morgan fingerprint density at radius 2 is 1.75 bits per heavy atom. The third kappa shape index (κ3) is 3.54. The molecular formula is C15H16BClO3. The molecule has 3 nitrogen and oxygen atoms in total. The molecule has 0 bridgehead atoms. The third-order valence-electron chi connectivity index (χ3n) is 3.06. The molecular weight excluding hydrogens is 274 g/mol. The van der Waals surface area contributed by atoms with Crippen molar-refractivity contribution in [2.75, 3.05) is 0 Å². The van der Waals surface area contributed by atoms with E-state index in [2.05, 4.69) is 0 Å². The summed E-state index contributed by atoms with van der Waals surface area (Å²) < 4.78 is 5.82. The Labute approximate surface area is 123 Å². The fraction of sp³-hybridized carbons (Fsp3) is 0.200. The lowest BCUT2D eigenvalue weighted by molar-refractivity contribution is 0.302. The zero-order valence-corrected chi connectivity index (χ0v) is 12.2. The van der Waals surface area contributed by atoms with E-state index in [1.54, 1.807) is 18.2 Å². The molecule has 0 fully saturated rings. The number of benzene rings is 2. The standard InChI is InChI=1S/C15H16BClO3/c1-10-6-14(17)7-11(2)15(10)20-9-12-4-3-5-13(8-12)16(18)19/h3-8,18-19H,9H2,1-2H3. The van der Waals surface area contributed by atoms with Gasteiger partial charge in [0.05, 0.1) is 0 Å². The molecule has 2 N–H and O–H groups in total. The summed E-state index contributed by atoms with van der Waals surface area (Å²) in [7, 11) is -1.46. The van der Waals surface area contributed by atoms with Crippen molar-refractivity contribution in [2.45, 2.75) is 20.5 Å². The number of hydrogen-bond donors (Lipinski definition) is 2. The van der Waals surface area contributed by atoms with Gasteiger partial charge in [-0.15, -0.1) is 0 Å². The zero-order chi connectivity index (χ0) is 14.7. The molecule has 5 heteroatoms. The van der Waals surface area contributed by atoms with E-state index in [0.717, 1.165) is 22.4 Å². The maximum Gasteiger partial charge on any atom is 0.488 e. The number of hydrogen-bond acceptors (Lipinski definition) is 3. The lowest BCUT2D eigenvalue weighted by Crippen LogP contribution is -2.29. The molecule has 20 heavy (non-hydrogen) atoms. The van der Waals surface area contributed by atoms with E-state index in [4.69, 9.17) is 26.4 Å². The average Bonchev–Trinajstić information content (AvgIpc) is 2.37. The minimum absolute atomic E-state index is 0.365. The lowest BCUT2D eigenvalue weighted by Gasteiger charge is -2.13. The first kappa shape index (κ1) is 14.9. The van der Waals surface area contributed by atoms with Crippen molar-refractivity contribution in [3.8, 4) is 5.75 Å². The van der Waals surface area contributed by atoms with Crippen LogP contribution in [-0.2, 0) is 6.61 Å². The Kier molecular flexibility index (Phi) is 4.71. The topological polar surface area (TPSA) is 49.7 Å². The lowest BCUT2D eigenvalue weighted by atomic mass is 9.80. The summed E-state index contributed by atoms with van der Waals surface area (Å²) in [5.74, 6) is 0.810. The van der Waals surface area contributed by atoms with Crippen molar-refractivity contribution >= 4 is 24.2 Å². The summed E-state index contributed by atoms with van der Waals surface area (Å²) in [5, 5.41) is 19.0. The normalized spacial score (nSPS) is 10.4. The first-order chi connectivity index (χ1) is 9.47. The van der Waals surface area contributed by atoms with Gasteiger partial charge in [-0.3, -0.25) is 0 Å². The van der Waals surface area contributed by atoms with E-state index in [1.807, 2.05) is 32.0 Å². The van der Waals surface area contributed by atoms with Gasteiger partial charge in [0.1, 0.15) is 12.4 Å². The predicted octanol–water partition coefficient (Wildman–Crippen LogP) is 2.22. The summed E-state index contributed by atoms with van der Waals surface area (Å²) >= 11 is 5.98. The van der Waals surface area contributed by atoms with Crippen molar-refractivity contribution in [1.29, 1.82) is 0 Å². The Bertz CT molecular complexity index is 591. The Balaban J connectivity index is 2.15. The van der Waals surface area contributed by atoms with Crippen LogP contribution in [0.3, 0.4) is 0 Å². The highest BCUT2D eigenvalue weighted by molar-refractivity contribution is 6.58. The molecule has 0 amide bonds. The molecule has 0 aliphatic heterocycles. The minimum Gasteiger partial charge on any atom is -0.488 e. The average molecular weight is 291 g/mol. The van der Waals surface area contributed by atoms with E-state index in [1.165, 1.54) is 0 Å². The molecule has 0 aromatic heterocycles. The number of aryl methyl sites for hydroxylation is 2. The van der Waals surface area contributed by atoms with E-state index >= 15 is 0 Å². The largest absolute Gasteiger partial charge is 0.488 e. The summed E-state index contributed by atoms with van der Waals surface area (Å²) in [6.45, 7) is 4.26. The van der Waals surface area contributed by atoms with Crippen LogP contribution in [0.5, 0.6) is 5.75 Å². The van der Waals surface area contributed by atoms with Gasteiger partial charge in [0.15, 0.2) is 0 Å². The van der Waals surface area contributed by atoms with Crippen molar-refractivity contribution in [3.05, 3.63) is 58.1 Å². The summed E-state index contributed by atoms with van der Waals surface area (Å²) in [6, 6.07) is 10.7. The highest BCUT2D eigenvalue weighted by Gasteiger charge is 2.11. The third-order valence-corrected chi connectivity index (χ3v) is 3.28.